The molecule has 0 aliphatic carbocycles. The highest BCUT2D eigenvalue weighted by Crippen LogP contribution is 2.39. The van der Waals surface area contributed by atoms with Crippen molar-refractivity contribution in [2.24, 2.45) is 0 Å². The maximum absolute atomic E-state index is 13.0. The Morgan fingerprint density at radius 2 is 2.18 bits per heavy atom. The summed E-state index contributed by atoms with van der Waals surface area (Å²) in [7, 11) is 1.26. The third kappa shape index (κ3) is 2.96. The Bertz CT molecular complexity index is 980. The highest BCUT2D eigenvalue weighted by atomic mass is 16.6. The van der Waals surface area contributed by atoms with Crippen molar-refractivity contribution in [1.82, 2.24) is 9.97 Å². The molecule has 4 heterocycles. The highest BCUT2D eigenvalue weighted by Gasteiger charge is 2.40. The van der Waals surface area contributed by atoms with Crippen molar-refractivity contribution in [3.63, 3.8) is 0 Å². The van der Waals surface area contributed by atoms with Crippen LogP contribution in [-0.2, 0) is 4.74 Å². The molecule has 2 aromatic rings. The summed E-state index contributed by atoms with van der Waals surface area (Å²) in [4.78, 5) is 47.1. The van der Waals surface area contributed by atoms with Crippen LogP contribution in [0.15, 0.2) is 30.5 Å². The van der Waals surface area contributed by atoms with Gasteiger partial charge in [0.25, 0.3) is 5.69 Å². The number of methoxy groups -OCH3 is 1. The molecule has 144 valence electrons. The topological polar surface area (TPSA) is 131 Å². The smallest absolute Gasteiger partial charge is 0.356 e. The van der Waals surface area contributed by atoms with E-state index in [0.29, 0.717) is 12.4 Å². The molecule has 0 aromatic carbocycles. The fourth-order valence-electron chi connectivity index (χ4n) is 3.46. The van der Waals surface area contributed by atoms with Crippen molar-refractivity contribution in [2.75, 3.05) is 35.3 Å². The van der Waals surface area contributed by atoms with Crippen LogP contribution >= 0.6 is 0 Å². The molecular formula is C17H16N6O5. The lowest BCUT2D eigenvalue weighted by molar-refractivity contribution is -0.384. The summed E-state index contributed by atoms with van der Waals surface area (Å²) >= 11 is 0. The molecule has 0 radical (unpaired) electrons. The lowest BCUT2D eigenvalue weighted by Crippen LogP contribution is -2.48. The molecule has 0 saturated carbocycles. The van der Waals surface area contributed by atoms with Gasteiger partial charge in [-0.3, -0.25) is 20.3 Å². The van der Waals surface area contributed by atoms with Gasteiger partial charge < -0.3 is 9.64 Å². The third-order valence-corrected chi connectivity index (χ3v) is 4.75. The fourth-order valence-corrected chi connectivity index (χ4v) is 3.46. The summed E-state index contributed by atoms with van der Waals surface area (Å²) in [5, 5.41) is 13.5. The number of carbonyl (C=O) groups is 2. The van der Waals surface area contributed by atoms with E-state index in [1.165, 1.54) is 30.3 Å². The maximum atomic E-state index is 13.0. The lowest BCUT2D eigenvalue weighted by Gasteiger charge is -2.35. The van der Waals surface area contributed by atoms with Crippen molar-refractivity contribution in [1.29, 1.82) is 0 Å². The van der Waals surface area contributed by atoms with Crippen LogP contribution in [0.25, 0.3) is 0 Å². The first-order valence-corrected chi connectivity index (χ1v) is 8.53. The van der Waals surface area contributed by atoms with E-state index in [-0.39, 0.29) is 23.2 Å². The number of nitrogens with one attached hydrogen (secondary N) is 1. The van der Waals surface area contributed by atoms with Crippen molar-refractivity contribution >= 4 is 35.0 Å². The van der Waals surface area contributed by atoms with Crippen LogP contribution in [0.1, 0.15) is 16.9 Å². The number of urea groups is 1. The number of nitrogens with zero attached hydrogens (tertiary/aromatic N) is 5. The zero-order chi connectivity index (χ0) is 19.8. The van der Waals surface area contributed by atoms with Crippen LogP contribution in [0.4, 0.5) is 27.8 Å². The molecule has 11 heteroatoms. The van der Waals surface area contributed by atoms with Gasteiger partial charge in [0.15, 0.2) is 11.5 Å². The van der Waals surface area contributed by atoms with Crippen LogP contribution in [0.3, 0.4) is 0 Å². The number of rotatable bonds is 3. The molecule has 1 saturated heterocycles. The number of aromatic nitrogens is 2. The Morgan fingerprint density at radius 1 is 1.36 bits per heavy atom. The lowest BCUT2D eigenvalue weighted by atomic mass is 10.2. The molecule has 11 nitrogen and oxygen atoms in total. The molecule has 4 rings (SSSR count). The van der Waals surface area contributed by atoms with Crippen molar-refractivity contribution in [3.8, 4) is 0 Å². The fraction of sp³-hybridized carbons (Fsp3) is 0.294. The Labute approximate surface area is 159 Å². The van der Waals surface area contributed by atoms with E-state index in [0.717, 1.165) is 18.7 Å². The Morgan fingerprint density at radius 3 is 2.93 bits per heavy atom. The molecule has 2 aliphatic rings. The Hall–Kier alpha value is -3.76. The van der Waals surface area contributed by atoms with E-state index >= 15 is 0 Å². The third-order valence-electron chi connectivity index (χ3n) is 4.75. The summed E-state index contributed by atoms with van der Waals surface area (Å²) < 4.78 is 4.72. The Balaban J connectivity index is 1.68. The number of esters is 1. The van der Waals surface area contributed by atoms with Gasteiger partial charge in [-0.2, -0.15) is 0 Å². The van der Waals surface area contributed by atoms with Gasteiger partial charge in [-0.1, -0.05) is 0 Å². The number of hydrogen-bond donors (Lipinski definition) is 1. The molecule has 1 N–H and O–H groups in total. The summed E-state index contributed by atoms with van der Waals surface area (Å²) in [5.41, 5.74) is 0.654. The first-order valence-electron chi connectivity index (χ1n) is 8.53. The molecule has 2 bridgehead atoms. The van der Waals surface area contributed by atoms with E-state index < -0.39 is 16.9 Å². The van der Waals surface area contributed by atoms with E-state index in [4.69, 9.17) is 4.74 Å². The van der Waals surface area contributed by atoms with E-state index in [2.05, 4.69) is 20.2 Å². The summed E-state index contributed by atoms with van der Waals surface area (Å²) in [5.74, 6) is -0.193. The molecule has 2 aliphatic heterocycles. The number of anilines is 3. The summed E-state index contributed by atoms with van der Waals surface area (Å²) in [6, 6.07) is 5.07. The quantitative estimate of drug-likeness (QED) is 0.481. The van der Waals surface area contributed by atoms with Crippen molar-refractivity contribution < 1.29 is 19.2 Å². The van der Waals surface area contributed by atoms with E-state index in [9.17, 15) is 19.7 Å². The average molecular weight is 384 g/mol. The van der Waals surface area contributed by atoms with Crippen LogP contribution in [-0.4, -0.2) is 53.1 Å². The van der Waals surface area contributed by atoms with Crippen LogP contribution in [0.5, 0.6) is 0 Å². The number of pyridine rings is 2. The highest BCUT2D eigenvalue weighted by molar-refractivity contribution is 6.04. The van der Waals surface area contributed by atoms with Crippen LogP contribution in [0.2, 0.25) is 0 Å². The standard InChI is InChI=1S/C17H16N6O5/c1-28-16(24)12-2-3-13-15(19-12)22(11-5-7-21(13)9-11)17(25)20-14-8-10(23(26)27)4-6-18-14/h2-4,6,8,11H,5,7,9H2,1H3,(H,18,20,25)/t11-/m0/s1. The zero-order valence-electron chi connectivity index (χ0n) is 14.9. The normalized spacial score (nSPS) is 17.1. The minimum absolute atomic E-state index is 0.0605. The first kappa shape index (κ1) is 17.6. The predicted octanol–water partition coefficient (Wildman–Crippen LogP) is 1.80. The molecule has 1 atom stereocenters. The monoisotopic (exact) mass is 384 g/mol. The van der Waals surface area contributed by atoms with Crippen LogP contribution < -0.4 is 15.1 Å². The number of nitro groups is 1. The van der Waals surface area contributed by atoms with E-state index in [1.807, 2.05) is 0 Å². The second kappa shape index (κ2) is 6.76. The molecule has 1 fully saturated rings. The number of hydrogen-bond acceptors (Lipinski definition) is 8. The zero-order valence-corrected chi connectivity index (χ0v) is 14.9. The molecule has 2 amide bonds. The van der Waals surface area contributed by atoms with Gasteiger partial charge in [-0.25, -0.2) is 19.6 Å². The maximum Gasteiger partial charge on any atom is 0.356 e. The number of ether oxygens (including phenoxy) is 1. The molecular weight excluding hydrogens is 368 g/mol. The SMILES string of the molecule is COC(=O)c1ccc2c(n1)N(C(=O)Nc1cc([N+](=O)[O-])ccn1)[C@H]1CCN2C1. The van der Waals surface area contributed by atoms with Crippen LogP contribution in [0, 0.1) is 10.1 Å². The summed E-state index contributed by atoms with van der Waals surface area (Å²) in [6.45, 7) is 1.40. The Kier molecular flexibility index (Phi) is 4.26. The van der Waals surface area contributed by atoms with E-state index in [1.54, 1.807) is 12.1 Å². The molecule has 0 unspecified atom stereocenters. The van der Waals surface area contributed by atoms with Crippen molar-refractivity contribution in [3.05, 3.63) is 46.3 Å². The van der Waals surface area contributed by atoms with Gasteiger partial charge in [0.1, 0.15) is 5.82 Å². The van der Waals surface area contributed by atoms with Gasteiger partial charge in [-0.15, -0.1) is 0 Å². The second-order valence-corrected chi connectivity index (χ2v) is 6.38. The minimum atomic E-state index is -0.601. The minimum Gasteiger partial charge on any atom is -0.464 e. The van der Waals surface area contributed by atoms with Gasteiger partial charge in [0.05, 0.1) is 29.8 Å². The predicted molar refractivity (Wildman–Crippen MR) is 98.6 cm³/mol. The largest absolute Gasteiger partial charge is 0.464 e. The summed E-state index contributed by atoms with van der Waals surface area (Å²) in [6.07, 6.45) is 1.99. The van der Waals surface area contributed by atoms with Gasteiger partial charge in [0, 0.05) is 25.4 Å². The second-order valence-electron chi connectivity index (χ2n) is 6.38. The average Bonchev–Trinajstić information content (AvgIpc) is 3.11. The number of carbonyl (C=O) groups excluding carboxylic acids is 2. The molecule has 2 aromatic heterocycles. The van der Waals surface area contributed by atoms with Gasteiger partial charge in [-0.05, 0) is 18.6 Å². The van der Waals surface area contributed by atoms with Crippen molar-refractivity contribution in [2.45, 2.75) is 12.5 Å². The molecule has 0 spiro atoms. The number of fused-ring (bicyclic) bond motifs is 4. The number of amides is 2. The molecule has 28 heavy (non-hydrogen) atoms. The van der Waals surface area contributed by atoms with Gasteiger partial charge >= 0.3 is 12.0 Å². The first-order chi connectivity index (χ1) is 13.5. The van der Waals surface area contributed by atoms with Gasteiger partial charge in [0.2, 0.25) is 0 Å².